The van der Waals surface area contributed by atoms with Gasteiger partial charge in [0.2, 0.25) is 0 Å². The predicted octanol–water partition coefficient (Wildman–Crippen LogP) is 3.58. The lowest BCUT2D eigenvalue weighted by molar-refractivity contribution is -0.140. The minimum atomic E-state index is -0.758. The number of aromatic nitrogens is 3. The molecule has 1 aromatic carbocycles. The molecule has 0 radical (unpaired) electrons. The summed E-state index contributed by atoms with van der Waals surface area (Å²) in [5, 5.41) is 11.9. The van der Waals surface area contributed by atoms with Crippen LogP contribution in [0.5, 0.6) is 0 Å². The van der Waals surface area contributed by atoms with Gasteiger partial charge in [0.1, 0.15) is 5.76 Å². The van der Waals surface area contributed by atoms with Crippen molar-refractivity contribution in [2.75, 3.05) is 0 Å². The van der Waals surface area contributed by atoms with Crippen molar-refractivity contribution in [3.05, 3.63) is 102 Å². The molecule has 1 aliphatic heterocycles. The highest BCUT2D eigenvalue weighted by atomic mass is 16.3. The van der Waals surface area contributed by atoms with Crippen LogP contribution in [0, 0.1) is 0 Å². The van der Waals surface area contributed by atoms with Gasteiger partial charge in [-0.05, 0) is 30.3 Å². The second-order valence-corrected chi connectivity index (χ2v) is 7.27. The molecule has 1 fully saturated rings. The summed E-state index contributed by atoms with van der Waals surface area (Å²) in [5.74, 6) is -1.61. The zero-order valence-electron chi connectivity index (χ0n) is 16.4. The molecule has 1 atom stereocenters. The third kappa shape index (κ3) is 3.16. The first-order chi connectivity index (χ1) is 15.1. The van der Waals surface area contributed by atoms with E-state index < -0.39 is 17.7 Å². The summed E-state index contributed by atoms with van der Waals surface area (Å²) in [6.45, 7) is 0.142. The van der Waals surface area contributed by atoms with Crippen molar-refractivity contribution in [2.45, 2.75) is 12.6 Å². The maximum absolute atomic E-state index is 13.1. The maximum Gasteiger partial charge on any atom is 0.296 e. The zero-order valence-corrected chi connectivity index (χ0v) is 16.4. The number of H-pyrrole nitrogens is 1. The third-order valence-corrected chi connectivity index (χ3v) is 5.47. The summed E-state index contributed by atoms with van der Waals surface area (Å²) >= 11 is 0. The summed E-state index contributed by atoms with van der Waals surface area (Å²) < 4.78 is 0. The van der Waals surface area contributed by atoms with E-state index >= 15 is 0 Å². The third-order valence-electron chi connectivity index (χ3n) is 5.47. The number of hydrogen-bond acceptors (Lipinski definition) is 5. The Morgan fingerprint density at radius 3 is 2.55 bits per heavy atom. The van der Waals surface area contributed by atoms with E-state index in [4.69, 9.17) is 0 Å². The van der Waals surface area contributed by atoms with Crippen molar-refractivity contribution in [2.24, 2.45) is 0 Å². The average molecular weight is 410 g/mol. The summed E-state index contributed by atoms with van der Waals surface area (Å²) in [6, 6.07) is 15.5. The van der Waals surface area contributed by atoms with Crippen molar-refractivity contribution >= 4 is 28.4 Å². The normalized spacial score (nSPS) is 18.1. The molecule has 0 bridgehead atoms. The lowest BCUT2D eigenvalue weighted by atomic mass is 9.95. The van der Waals surface area contributed by atoms with E-state index in [-0.39, 0.29) is 17.9 Å². The van der Waals surface area contributed by atoms with Gasteiger partial charge in [-0.1, -0.05) is 24.3 Å². The van der Waals surface area contributed by atoms with Gasteiger partial charge in [0.15, 0.2) is 0 Å². The lowest BCUT2D eigenvalue weighted by Crippen LogP contribution is -2.29. The molecule has 0 aliphatic carbocycles. The molecule has 1 amide bonds. The van der Waals surface area contributed by atoms with Gasteiger partial charge in [-0.15, -0.1) is 0 Å². The number of rotatable bonds is 4. The molecule has 7 nitrogen and oxygen atoms in total. The number of carbonyl (C=O) groups is 2. The monoisotopic (exact) mass is 410 g/mol. The van der Waals surface area contributed by atoms with Crippen LogP contribution in [0.1, 0.15) is 22.9 Å². The van der Waals surface area contributed by atoms with Crippen LogP contribution >= 0.6 is 0 Å². The number of hydrogen-bond donors (Lipinski definition) is 2. The molecule has 1 saturated heterocycles. The highest BCUT2D eigenvalue weighted by molar-refractivity contribution is 6.46. The topological polar surface area (TPSA) is 99.2 Å². The van der Waals surface area contributed by atoms with E-state index in [0.717, 1.165) is 16.5 Å². The zero-order chi connectivity index (χ0) is 21.4. The quantitative estimate of drug-likeness (QED) is 0.304. The summed E-state index contributed by atoms with van der Waals surface area (Å²) in [7, 11) is 0. The summed E-state index contributed by atoms with van der Waals surface area (Å²) in [4.78, 5) is 39.1. The number of aliphatic hydroxyl groups is 1. The Labute approximate surface area is 177 Å². The van der Waals surface area contributed by atoms with Gasteiger partial charge in [-0.3, -0.25) is 19.6 Å². The lowest BCUT2D eigenvalue weighted by Gasteiger charge is -2.24. The Hall–Kier alpha value is -4.26. The first-order valence-electron chi connectivity index (χ1n) is 9.80. The number of amides is 1. The molecule has 152 valence electrons. The van der Waals surface area contributed by atoms with Crippen molar-refractivity contribution < 1.29 is 14.7 Å². The van der Waals surface area contributed by atoms with Crippen molar-refractivity contribution in [3.63, 3.8) is 0 Å². The Balaban J connectivity index is 1.71. The molecule has 1 aliphatic rings. The summed E-state index contributed by atoms with van der Waals surface area (Å²) in [5.41, 5.74) is 2.75. The molecule has 0 spiro atoms. The number of para-hydroxylation sites is 1. The number of nitrogens with zero attached hydrogens (tertiary/aromatic N) is 3. The van der Waals surface area contributed by atoms with Gasteiger partial charge in [-0.25, -0.2) is 0 Å². The van der Waals surface area contributed by atoms with Gasteiger partial charge < -0.3 is 15.0 Å². The molecule has 0 saturated carbocycles. The molecule has 7 heteroatoms. The Kier molecular flexibility index (Phi) is 4.55. The molecule has 31 heavy (non-hydrogen) atoms. The Morgan fingerprint density at radius 2 is 1.77 bits per heavy atom. The second kappa shape index (κ2) is 7.53. The van der Waals surface area contributed by atoms with Crippen LogP contribution in [0.2, 0.25) is 0 Å². The number of ketones is 1. The highest BCUT2D eigenvalue weighted by Crippen LogP contribution is 2.42. The van der Waals surface area contributed by atoms with Gasteiger partial charge in [0.25, 0.3) is 11.7 Å². The predicted molar refractivity (Wildman–Crippen MR) is 115 cm³/mol. The minimum absolute atomic E-state index is 0.0527. The number of aliphatic hydroxyl groups excluding tert-OH is 1. The smallest absolute Gasteiger partial charge is 0.296 e. The van der Waals surface area contributed by atoms with Crippen LogP contribution < -0.4 is 0 Å². The van der Waals surface area contributed by atoms with Crippen molar-refractivity contribution in [1.29, 1.82) is 0 Å². The van der Waals surface area contributed by atoms with E-state index in [1.807, 2.05) is 30.3 Å². The molecule has 3 aromatic heterocycles. The largest absolute Gasteiger partial charge is 0.507 e. The van der Waals surface area contributed by atoms with Crippen LogP contribution in [0.15, 0.2) is 85.0 Å². The molecule has 4 aromatic rings. The van der Waals surface area contributed by atoms with E-state index in [1.165, 1.54) is 17.3 Å². The minimum Gasteiger partial charge on any atom is -0.507 e. The van der Waals surface area contributed by atoms with Crippen LogP contribution in [0.4, 0.5) is 0 Å². The second-order valence-electron chi connectivity index (χ2n) is 7.27. The number of fused-ring (bicyclic) bond motifs is 1. The highest BCUT2D eigenvalue weighted by Gasteiger charge is 2.47. The Bertz CT molecular complexity index is 1310. The van der Waals surface area contributed by atoms with Crippen molar-refractivity contribution in [3.8, 4) is 0 Å². The van der Waals surface area contributed by atoms with Gasteiger partial charge in [-0.2, -0.15) is 0 Å². The molecular formula is C24H18N4O3. The van der Waals surface area contributed by atoms with E-state index in [1.54, 1.807) is 36.7 Å². The number of likely N-dealkylation sites (tertiary alicyclic amines) is 1. The molecule has 1 unspecified atom stereocenters. The van der Waals surface area contributed by atoms with Gasteiger partial charge in [0, 0.05) is 46.8 Å². The van der Waals surface area contributed by atoms with Crippen molar-refractivity contribution in [1.82, 2.24) is 19.9 Å². The number of benzene rings is 1. The number of aromatic amines is 1. The fourth-order valence-electron chi connectivity index (χ4n) is 4.02. The standard InChI is InChI=1S/C24H18N4O3/c29-22(15-8-11-25-12-9-15)20-21(18-13-27-19-7-2-1-6-17(18)19)28(24(31)23(20)30)14-16-5-3-4-10-26-16/h1-13,21,27,29H,14H2/b22-20+. The molecule has 4 heterocycles. The Morgan fingerprint density at radius 1 is 1.00 bits per heavy atom. The van der Waals surface area contributed by atoms with Gasteiger partial charge >= 0.3 is 0 Å². The van der Waals surface area contributed by atoms with Crippen LogP contribution in [-0.4, -0.2) is 36.6 Å². The fourth-order valence-corrected chi connectivity index (χ4v) is 4.02. The maximum atomic E-state index is 13.1. The van der Waals surface area contributed by atoms with Crippen LogP contribution in [0.3, 0.4) is 0 Å². The van der Waals surface area contributed by atoms with Gasteiger partial charge in [0.05, 0.1) is 23.9 Å². The van der Waals surface area contributed by atoms with E-state index in [2.05, 4.69) is 15.0 Å². The van der Waals surface area contributed by atoms with Crippen LogP contribution in [0.25, 0.3) is 16.7 Å². The number of nitrogens with one attached hydrogen (secondary N) is 1. The average Bonchev–Trinajstić information content (AvgIpc) is 3.34. The number of Topliss-reactive ketones (excluding diaryl/α,β-unsaturated/α-hetero) is 1. The van der Waals surface area contributed by atoms with E-state index in [9.17, 15) is 14.7 Å². The van der Waals surface area contributed by atoms with E-state index in [0.29, 0.717) is 11.3 Å². The first kappa shape index (κ1) is 18.7. The number of carbonyl (C=O) groups excluding carboxylic acids is 2. The first-order valence-corrected chi connectivity index (χ1v) is 9.80. The van der Waals surface area contributed by atoms with Crippen LogP contribution in [-0.2, 0) is 16.1 Å². The summed E-state index contributed by atoms with van der Waals surface area (Å²) in [6.07, 6.45) is 6.48. The fraction of sp³-hybridized carbons (Fsp3) is 0.0833. The molecule has 5 rings (SSSR count). The molecule has 2 N–H and O–H groups in total. The molecular weight excluding hydrogens is 392 g/mol. The SMILES string of the molecule is O=C1C(=O)N(Cc2ccccn2)C(c2c[nH]c3ccccc23)/C1=C(\O)c1ccncc1. The number of pyridine rings is 2.